The molecule has 1 amide bonds. The molecule has 0 unspecified atom stereocenters. The zero-order valence-corrected chi connectivity index (χ0v) is 18.8. The maximum absolute atomic E-state index is 12.9. The highest BCUT2D eigenvalue weighted by Crippen LogP contribution is 2.23. The van der Waals surface area contributed by atoms with E-state index in [0.29, 0.717) is 31.9 Å². The number of aryl methyl sites for hydroxylation is 2. The number of carbonyl (C=O) groups is 1. The average Bonchev–Trinajstić information content (AvgIpc) is 2.73. The van der Waals surface area contributed by atoms with Crippen LogP contribution in [0.25, 0.3) is 0 Å². The van der Waals surface area contributed by atoms with Gasteiger partial charge >= 0.3 is 0 Å². The number of rotatable bonds is 6. The molecular weight excluding hydrogens is 402 g/mol. The second-order valence-corrected chi connectivity index (χ2v) is 9.51. The molecule has 0 saturated carbocycles. The molecule has 8 heteroatoms. The van der Waals surface area contributed by atoms with Gasteiger partial charge in [0.1, 0.15) is 12.3 Å². The van der Waals surface area contributed by atoms with Crippen LogP contribution in [0.1, 0.15) is 11.1 Å². The highest BCUT2D eigenvalue weighted by molar-refractivity contribution is 7.92. The Morgan fingerprint density at radius 3 is 2.17 bits per heavy atom. The van der Waals surface area contributed by atoms with Crippen LogP contribution in [0.15, 0.2) is 42.5 Å². The van der Waals surface area contributed by atoms with E-state index in [1.165, 1.54) is 4.31 Å². The van der Waals surface area contributed by atoms with Crippen molar-refractivity contribution in [1.29, 1.82) is 0 Å². The summed E-state index contributed by atoms with van der Waals surface area (Å²) in [5, 5.41) is 0. The van der Waals surface area contributed by atoms with E-state index in [1.807, 2.05) is 50.2 Å². The van der Waals surface area contributed by atoms with Gasteiger partial charge in [0.05, 0.1) is 19.1 Å². The van der Waals surface area contributed by atoms with Gasteiger partial charge in [0.2, 0.25) is 15.9 Å². The molecule has 1 aliphatic rings. The summed E-state index contributed by atoms with van der Waals surface area (Å²) in [6, 6.07) is 13.3. The Morgan fingerprint density at radius 2 is 1.63 bits per heavy atom. The summed E-state index contributed by atoms with van der Waals surface area (Å²) < 4.78 is 31.1. The van der Waals surface area contributed by atoms with E-state index in [0.717, 1.165) is 28.8 Å². The van der Waals surface area contributed by atoms with E-state index in [4.69, 9.17) is 4.74 Å². The Labute approximate surface area is 178 Å². The van der Waals surface area contributed by atoms with Crippen LogP contribution < -0.4 is 13.9 Å². The standard InChI is InChI=1S/C22H29N3O4S/c1-17-5-6-20(15-18(17)2)25(30(4,27)28)16-22(26)24-13-11-23(12-14-24)19-7-9-21(29-3)10-8-19/h5-10,15H,11-14,16H2,1-4H3. The second-order valence-electron chi connectivity index (χ2n) is 7.60. The zero-order valence-electron chi connectivity index (χ0n) is 18.0. The molecule has 3 rings (SSSR count). The van der Waals surface area contributed by atoms with Gasteiger partial charge in [-0.3, -0.25) is 9.10 Å². The van der Waals surface area contributed by atoms with Gasteiger partial charge in [-0.2, -0.15) is 0 Å². The van der Waals surface area contributed by atoms with Crippen molar-refractivity contribution < 1.29 is 17.9 Å². The Morgan fingerprint density at radius 1 is 1.00 bits per heavy atom. The van der Waals surface area contributed by atoms with Crippen LogP contribution in [-0.4, -0.2) is 65.3 Å². The van der Waals surface area contributed by atoms with Crippen LogP contribution in [0.3, 0.4) is 0 Å². The molecule has 30 heavy (non-hydrogen) atoms. The number of sulfonamides is 1. The lowest BCUT2D eigenvalue weighted by Gasteiger charge is -2.37. The van der Waals surface area contributed by atoms with Gasteiger partial charge in [0.25, 0.3) is 0 Å². The summed E-state index contributed by atoms with van der Waals surface area (Å²) in [6.07, 6.45) is 1.14. The van der Waals surface area contributed by atoms with Gasteiger partial charge in [-0.1, -0.05) is 6.07 Å². The van der Waals surface area contributed by atoms with Crippen LogP contribution >= 0.6 is 0 Å². The van der Waals surface area contributed by atoms with Crippen molar-refractivity contribution in [2.45, 2.75) is 13.8 Å². The number of nitrogens with zero attached hydrogens (tertiary/aromatic N) is 3. The Balaban J connectivity index is 1.66. The normalized spacial score (nSPS) is 14.5. The highest BCUT2D eigenvalue weighted by atomic mass is 32.2. The van der Waals surface area contributed by atoms with Crippen LogP contribution in [0.4, 0.5) is 11.4 Å². The fourth-order valence-electron chi connectivity index (χ4n) is 3.51. The van der Waals surface area contributed by atoms with Gasteiger partial charge in [-0.15, -0.1) is 0 Å². The van der Waals surface area contributed by atoms with Crippen LogP contribution in [0.5, 0.6) is 5.75 Å². The van der Waals surface area contributed by atoms with Crippen LogP contribution in [0, 0.1) is 13.8 Å². The van der Waals surface area contributed by atoms with Crippen LogP contribution in [0.2, 0.25) is 0 Å². The third kappa shape index (κ3) is 5.05. The average molecular weight is 432 g/mol. The lowest BCUT2D eigenvalue weighted by molar-refractivity contribution is -0.129. The molecule has 0 aromatic heterocycles. The molecule has 0 spiro atoms. The number of anilines is 2. The minimum Gasteiger partial charge on any atom is -0.497 e. The lowest BCUT2D eigenvalue weighted by atomic mass is 10.1. The molecule has 2 aromatic carbocycles. The number of methoxy groups -OCH3 is 1. The lowest BCUT2D eigenvalue weighted by Crippen LogP contribution is -2.52. The summed E-state index contributed by atoms with van der Waals surface area (Å²) in [7, 11) is -1.94. The Bertz CT molecular complexity index is 998. The number of piperazine rings is 1. The van der Waals surface area contributed by atoms with Crippen molar-refractivity contribution in [3.05, 3.63) is 53.6 Å². The van der Waals surface area contributed by atoms with Crippen molar-refractivity contribution in [2.24, 2.45) is 0 Å². The van der Waals surface area contributed by atoms with E-state index in [2.05, 4.69) is 4.90 Å². The smallest absolute Gasteiger partial charge is 0.243 e. The summed E-state index contributed by atoms with van der Waals surface area (Å²) >= 11 is 0. The molecule has 0 bridgehead atoms. The van der Waals surface area contributed by atoms with Gasteiger partial charge in [-0.05, 0) is 61.4 Å². The van der Waals surface area contributed by atoms with Gasteiger partial charge < -0.3 is 14.5 Å². The molecule has 2 aromatic rings. The maximum atomic E-state index is 12.9. The van der Waals surface area contributed by atoms with E-state index in [1.54, 1.807) is 18.1 Å². The molecular formula is C22H29N3O4S. The Hall–Kier alpha value is -2.74. The molecule has 1 saturated heterocycles. The maximum Gasteiger partial charge on any atom is 0.243 e. The summed E-state index contributed by atoms with van der Waals surface area (Å²) in [5.74, 6) is 0.618. The van der Waals surface area contributed by atoms with Crippen molar-refractivity contribution in [3.63, 3.8) is 0 Å². The van der Waals surface area contributed by atoms with Gasteiger partial charge in [-0.25, -0.2) is 8.42 Å². The van der Waals surface area contributed by atoms with E-state index in [9.17, 15) is 13.2 Å². The fraction of sp³-hybridized carbons (Fsp3) is 0.409. The number of amides is 1. The minimum atomic E-state index is -3.58. The fourth-order valence-corrected chi connectivity index (χ4v) is 4.35. The largest absolute Gasteiger partial charge is 0.497 e. The minimum absolute atomic E-state index is 0.187. The first-order chi connectivity index (χ1) is 14.2. The predicted octanol–water partition coefficient (Wildman–Crippen LogP) is 2.43. The first-order valence-electron chi connectivity index (χ1n) is 9.91. The molecule has 1 heterocycles. The highest BCUT2D eigenvalue weighted by Gasteiger charge is 2.27. The number of ether oxygens (including phenoxy) is 1. The molecule has 7 nitrogen and oxygen atoms in total. The first kappa shape index (κ1) is 22.0. The number of hydrogen-bond acceptors (Lipinski definition) is 5. The molecule has 1 fully saturated rings. The van der Waals surface area contributed by atoms with Crippen molar-refractivity contribution >= 4 is 27.3 Å². The first-order valence-corrected chi connectivity index (χ1v) is 11.8. The monoisotopic (exact) mass is 431 g/mol. The quantitative estimate of drug-likeness (QED) is 0.703. The molecule has 0 radical (unpaired) electrons. The van der Waals surface area contributed by atoms with E-state index in [-0.39, 0.29) is 12.5 Å². The second kappa shape index (κ2) is 8.95. The summed E-state index contributed by atoms with van der Waals surface area (Å²) in [6.45, 7) is 6.20. The van der Waals surface area contributed by atoms with Gasteiger partial charge in [0.15, 0.2) is 0 Å². The number of hydrogen-bond donors (Lipinski definition) is 0. The summed E-state index contributed by atoms with van der Waals surface area (Å²) in [4.78, 5) is 16.8. The third-order valence-electron chi connectivity index (χ3n) is 5.53. The number of benzene rings is 2. The molecule has 1 aliphatic heterocycles. The molecule has 0 aliphatic carbocycles. The SMILES string of the molecule is COc1ccc(N2CCN(C(=O)CN(c3ccc(C)c(C)c3)S(C)(=O)=O)CC2)cc1. The van der Waals surface area contributed by atoms with E-state index >= 15 is 0 Å². The zero-order chi connectivity index (χ0) is 21.9. The molecule has 0 N–H and O–H groups in total. The van der Waals surface area contributed by atoms with Crippen LogP contribution in [-0.2, 0) is 14.8 Å². The predicted molar refractivity (Wildman–Crippen MR) is 120 cm³/mol. The van der Waals surface area contributed by atoms with E-state index < -0.39 is 10.0 Å². The Kier molecular flexibility index (Phi) is 6.55. The van der Waals surface area contributed by atoms with Crippen molar-refractivity contribution in [2.75, 3.05) is 55.3 Å². The molecule has 162 valence electrons. The summed E-state index contributed by atoms with van der Waals surface area (Å²) in [5.41, 5.74) is 3.66. The topological polar surface area (TPSA) is 70.2 Å². The van der Waals surface area contributed by atoms with Crippen molar-refractivity contribution in [1.82, 2.24) is 4.90 Å². The van der Waals surface area contributed by atoms with Gasteiger partial charge in [0, 0.05) is 31.9 Å². The number of carbonyl (C=O) groups excluding carboxylic acids is 1. The van der Waals surface area contributed by atoms with Crippen molar-refractivity contribution in [3.8, 4) is 5.75 Å². The molecule has 0 atom stereocenters. The third-order valence-corrected chi connectivity index (χ3v) is 6.67.